The summed E-state index contributed by atoms with van der Waals surface area (Å²) in [6, 6.07) is 29.1. The number of hydrogen-bond donors (Lipinski definition) is 0. The molecule has 1 atom stereocenters. The lowest BCUT2D eigenvalue weighted by Crippen LogP contribution is -2.36. The molecule has 1 amide bonds. The molecule has 0 radical (unpaired) electrons. The Morgan fingerprint density at radius 2 is 1.55 bits per heavy atom. The zero-order valence-corrected chi connectivity index (χ0v) is 15.9. The fourth-order valence-corrected chi connectivity index (χ4v) is 4.32. The van der Waals surface area contributed by atoms with Crippen LogP contribution in [0.1, 0.15) is 29.0 Å². The molecular weight excluding hydrogens is 361 g/mol. The fourth-order valence-electron chi connectivity index (χ4n) is 4.32. The summed E-state index contributed by atoms with van der Waals surface area (Å²) in [7, 11) is 0. The van der Waals surface area contributed by atoms with E-state index in [1.807, 2.05) is 41.3 Å². The third-order valence-electron chi connectivity index (χ3n) is 5.72. The summed E-state index contributed by atoms with van der Waals surface area (Å²) in [6.07, 6.45) is 0.423. The summed E-state index contributed by atoms with van der Waals surface area (Å²) in [6.45, 7) is 0.436. The Hall–Kier alpha value is -3.46. The minimum Gasteiger partial charge on any atom is -0.308 e. The molecule has 1 heterocycles. The van der Waals surface area contributed by atoms with E-state index < -0.39 is 0 Å². The Kier molecular flexibility index (Phi) is 4.36. The summed E-state index contributed by atoms with van der Waals surface area (Å²) in [5.74, 6) is -0.158. The van der Waals surface area contributed by atoms with E-state index in [1.54, 1.807) is 12.1 Å². The topological polar surface area (TPSA) is 20.3 Å². The average molecular weight is 381 g/mol. The Labute approximate surface area is 169 Å². The standard InChI is InChI=1S/C26H20FNO/c27-21-13-10-18(11-14-21)17-28-24-15-12-20-8-4-5-9-22(20)26(24)23(16-25(28)29)19-6-2-1-3-7-19/h1-15,23H,16-17H2. The Bertz CT molecular complexity index is 1180. The third kappa shape index (κ3) is 3.19. The highest BCUT2D eigenvalue weighted by molar-refractivity contribution is 6.03. The molecule has 0 spiro atoms. The third-order valence-corrected chi connectivity index (χ3v) is 5.72. The number of anilines is 1. The van der Waals surface area contributed by atoms with Gasteiger partial charge in [0.15, 0.2) is 0 Å². The monoisotopic (exact) mass is 381 g/mol. The lowest BCUT2D eigenvalue weighted by Gasteiger charge is -2.35. The second kappa shape index (κ2) is 7.17. The van der Waals surface area contributed by atoms with Crippen molar-refractivity contribution in [2.45, 2.75) is 18.9 Å². The molecule has 0 fully saturated rings. The number of amides is 1. The fraction of sp³-hybridized carbons (Fsp3) is 0.115. The van der Waals surface area contributed by atoms with Crippen molar-refractivity contribution in [2.75, 3.05) is 4.90 Å². The van der Waals surface area contributed by atoms with Crippen molar-refractivity contribution in [3.63, 3.8) is 0 Å². The number of hydrogen-bond acceptors (Lipinski definition) is 1. The number of benzene rings is 4. The van der Waals surface area contributed by atoms with Gasteiger partial charge in [-0.1, -0.05) is 72.8 Å². The summed E-state index contributed by atoms with van der Waals surface area (Å²) in [5.41, 5.74) is 4.20. The maximum Gasteiger partial charge on any atom is 0.228 e. The normalized spacial score (nSPS) is 16.1. The van der Waals surface area contributed by atoms with Gasteiger partial charge in [-0.2, -0.15) is 0 Å². The molecule has 4 aromatic rings. The molecule has 3 heteroatoms. The van der Waals surface area contributed by atoms with Gasteiger partial charge in [0.25, 0.3) is 0 Å². The van der Waals surface area contributed by atoms with E-state index >= 15 is 0 Å². The number of nitrogens with zero attached hydrogens (tertiary/aromatic N) is 1. The molecule has 0 aliphatic carbocycles. The SMILES string of the molecule is O=C1CC(c2ccccc2)c2c(ccc3ccccc23)N1Cc1ccc(F)cc1. The van der Waals surface area contributed by atoms with E-state index in [4.69, 9.17) is 0 Å². The molecule has 142 valence electrons. The first-order chi connectivity index (χ1) is 14.2. The maximum absolute atomic E-state index is 13.3. The van der Waals surface area contributed by atoms with Crippen LogP contribution in [0.15, 0.2) is 91.0 Å². The van der Waals surface area contributed by atoms with Gasteiger partial charge in [0.05, 0.1) is 6.54 Å². The van der Waals surface area contributed by atoms with Gasteiger partial charge >= 0.3 is 0 Å². The number of rotatable bonds is 3. The van der Waals surface area contributed by atoms with Crippen LogP contribution in [-0.4, -0.2) is 5.91 Å². The van der Waals surface area contributed by atoms with Crippen molar-refractivity contribution in [1.82, 2.24) is 0 Å². The molecule has 0 saturated carbocycles. The van der Waals surface area contributed by atoms with Crippen molar-refractivity contribution in [3.8, 4) is 0 Å². The Morgan fingerprint density at radius 1 is 0.828 bits per heavy atom. The number of carbonyl (C=O) groups excluding carboxylic acids is 1. The minimum atomic E-state index is -0.269. The highest BCUT2D eigenvalue weighted by Crippen LogP contribution is 2.44. The molecule has 0 aromatic heterocycles. The van der Waals surface area contributed by atoms with E-state index in [-0.39, 0.29) is 17.6 Å². The van der Waals surface area contributed by atoms with Crippen molar-refractivity contribution >= 4 is 22.4 Å². The zero-order valence-electron chi connectivity index (χ0n) is 15.9. The van der Waals surface area contributed by atoms with E-state index in [0.29, 0.717) is 13.0 Å². The van der Waals surface area contributed by atoms with Gasteiger partial charge < -0.3 is 4.90 Å². The van der Waals surface area contributed by atoms with E-state index in [9.17, 15) is 9.18 Å². The predicted molar refractivity (Wildman–Crippen MR) is 114 cm³/mol. The predicted octanol–water partition coefficient (Wildman–Crippen LogP) is 6.05. The molecule has 29 heavy (non-hydrogen) atoms. The molecule has 1 aliphatic heterocycles. The highest BCUT2D eigenvalue weighted by Gasteiger charge is 2.33. The second-order valence-corrected chi connectivity index (χ2v) is 7.49. The Morgan fingerprint density at radius 3 is 2.34 bits per heavy atom. The van der Waals surface area contributed by atoms with Crippen LogP contribution in [0.4, 0.5) is 10.1 Å². The smallest absolute Gasteiger partial charge is 0.228 e. The van der Waals surface area contributed by atoms with Crippen molar-refractivity contribution in [1.29, 1.82) is 0 Å². The molecule has 1 unspecified atom stereocenters. The van der Waals surface area contributed by atoms with Crippen LogP contribution in [0.25, 0.3) is 10.8 Å². The average Bonchev–Trinajstić information content (AvgIpc) is 2.77. The molecule has 4 aromatic carbocycles. The summed E-state index contributed by atoms with van der Waals surface area (Å²) < 4.78 is 13.3. The summed E-state index contributed by atoms with van der Waals surface area (Å²) >= 11 is 0. The van der Waals surface area contributed by atoms with Gasteiger partial charge in [0.1, 0.15) is 5.82 Å². The van der Waals surface area contributed by atoms with Crippen molar-refractivity contribution in [2.24, 2.45) is 0 Å². The lowest BCUT2D eigenvalue weighted by molar-refractivity contribution is -0.119. The molecule has 2 nitrogen and oxygen atoms in total. The maximum atomic E-state index is 13.3. The van der Waals surface area contributed by atoms with Gasteiger partial charge in [-0.05, 0) is 45.7 Å². The summed E-state index contributed by atoms with van der Waals surface area (Å²) in [5, 5.41) is 2.35. The second-order valence-electron chi connectivity index (χ2n) is 7.49. The van der Waals surface area contributed by atoms with Gasteiger partial charge in [-0.3, -0.25) is 4.79 Å². The van der Waals surface area contributed by atoms with E-state index in [1.165, 1.54) is 28.5 Å². The first kappa shape index (κ1) is 17.6. The first-order valence-electron chi connectivity index (χ1n) is 9.82. The largest absolute Gasteiger partial charge is 0.308 e. The molecule has 1 aliphatic rings. The van der Waals surface area contributed by atoms with Crippen LogP contribution < -0.4 is 4.90 Å². The molecule has 0 bridgehead atoms. The quantitative estimate of drug-likeness (QED) is 0.423. The van der Waals surface area contributed by atoms with Gasteiger partial charge in [0.2, 0.25) is 5.91 Å². The molecular formula is C26H20FNO. The van der Waals surface area contributed by atoms with Crippen LogP contribution in [0, 0.1) is 5.82 Å². The molecule has 5 rings (SSSR count). The van der Waals surface area contributed by atoms with Gasteiger partial charge in [-0.15, -0.1) is 0 Å². The van der Waals surface area contributed by atoms with Crippen LogP contribution >= 0.6 is 0 Å². The number of fused-ring (bicyclic) bond motifs is 3. The lowest BCUT2D eigenvalue weighted by atomic mass is 9.81. The van der Waals surface area contributed by atoms with Crippen LogP contribution in [0.5, 0.6) is 0 Å². The van der Waals surface area contributed by atoms with Gasteiger partial charge in [0, 0.05) is 18.0 Å². The van der Waals surface area contributed by atoms with Crippen LogP contribution in [0.3, 0.4) is 0 Å². The van der Waals surface area contributed by atoms with Crippen LogP contribution in [0.2, 0.25) is 0 Å². The number of carbonyl (C=O) groups is 1. The van der Waals surface area contributed by atoms with Crippen LogP contribution in [-0.2, 0) is 11.3 Å². The van der Waals surface area contributed by atoms with E-state index in [0.717, 1.165) is 16.8 Å². The van der Waals surface area contributed by atoms with E-state index in [2.05, 4.69) is 30.3 Å². The Balaban J connectivity index is 1.67. The zero-order chi connectivity index (χ0) is 19.8. The highest BCUT2D eigenvalue weighted by atomic mass is 19.1. The van der Waals surface area contributed by atoms with Crippen molar-refractivity contribution < 1.29 is 9.18 Å². The molecule has 0 saturated heterocycles. The summed E-state index contributed by atoms with van der Waals surface area (Å²) in [4.78, 5) is 15.0. The first-order valence-corrected chi connectivity index (χ1v) is 9.82. The molecule has 0 N–H and O–H groups in total. The minimum absolute atomic E-state index is 0.0225. The van der Waals surface area contributed by atoms with Gasteiger partial charge in [-0.25, -0.2) is 4.39 Å². The van der Waals surface area contributed by atoms with Crippen molar-refractivity contribution in [3.05, 3.63) is 114 Å². The number of halogens is 1.